The van der Waals surface area contributed by atoms with Gasteiger partial charge in [-0.25, -0.2) is 14.6 Å². The highest BCUT2D eigenvalue weighted by atomic mass is 32.2. The summed E-state index contributed by atoms with van der Waals surface area (Å²) in [5.41, 5.74) is 0.981. The Bertz CT molecular complexity index is 562. The molecule has 1 aliphatic carbocycles. The van der Waals surface area contributed by atoms with Crippen LogP contribution in [0.5, 0.6) is 0 Å². The highest BCUT2D eigenvalue weighted by molar-refractivity contribution is 7.99. The Morgan fingerprint density at radius 3 is 2.94 bits per heavy atom. The van der Waals surface area contributed by atoms with Gasteiger partial charge in [-0.15, -0.1) is 5.10 Å². The van der Waals surface area contributed by atoms with E-state index in [1.165, 1.54) is 24.6 Å². The van der Waals surface area contributed by atoms with Crippen molar-refractivity contribution in [3.05, 3.63) is 17.6 Å². The molecule has 1 aliphatic rings. The molecule has 18 heavy (non-hydrogen) atoms. The standard InChI is InChI=1S/C11H14N6S/c1-3-9-12-7(2)6-10(13-9)18-11-14-15-16-17(11)8-4-5-8/h6,8H,3-5H2,1-2H3. The molecular weight excluding hydrogens is 248 g/mol. The fourth-order valence-electron chi connectivity index (χ4n) is 1.70. The van der Waals surface area contributed by atoms with Gasteiger partial charge < -0.3 is 0 Å². The third-order valence-corrected chi connectivity index (χ3v) is 3.61. The second-order valence-electron chi connectivity index (χ2n) is 4.36. The minimum absolute atomic E-state index is 0.482. The van der Waals surface area contributed by atoms with Crippen LogP contribution in [0.15, 0.2) is 16.2 Å². The maximum absolute atomic E-state index is 4.49. The lowest BCUT2D eigenvalue weighted by Gasteiger charge is -2.04. The van der Waals surface area contributed by atoms with E-state index in [-0.39, 0.29) is 0 Å². The molecule has 0 aliphatic heterocycles. The SMILES string of the molecule is CCc1nc(C)cc(Sc2nnnn2C2CC2)n1. The number of hydrogen-bond acceptors (Lipinski definition) is 6. The van der Waals surface area contributed by atoms with Gasteiger partial charge in [-0.1, -0.05) is 6.92 Å². The van der Waals surface area contributed by atoms with Crippen LogP contribution in [0, 0.1) is 6.92 Å². The molecule has 0 radical (unpaired) electrons. The van der Waals surface area contributed by atoms with Gasteiger partial charge in [0.05, 0.1) is 6.04 Å². The molecule has 0 amide bonds. The van der Waals surface area contributed by atoms with Crippen molar-refractivity contribution in [2.75, 3.05) is 0 Å². The van der Waals surface area contributed by atoms with Gasteiger partial charge in [0.2, 0.25) is 5.16 Å². The molecule has 0 N–H and O–H groups in total. The van der Waals surface area contributed by atoms with Crippen LogP contribution in [0.2, 0.25) is 0 Å². The number of aromatic nitrogens is 6. The first kappa shape index (κ1) is 11.6. The summed E-state index contributed by atoms with van der Waals surface area (Å²) in [6.45, 7) is 4.03. The van der Waals surface area contributed by atoms with Gasteiger partial charge >= 0.3 is 0 Å². The Morgan fingerprint density at radius 1 is 1.39 bits per heavy atom. The lowest BCUT2D eigenvalue weighted by atomic mass is 10.4. The third-order valence-electron chi connectivity index (χ3n) is 2.74. The van der Waals surface area contributed by atoms with Crippen LogP contribution in [0.25, 0.3) is 0 Å². The van der Waals surface area contributed by atoms with Gasteiger partial charge in [-0.05, 0) is 48.0 Å². The number of hydrogen-bond donors (Lipinski definition) is 0. The van der Waals surface area contributed by atoms with Crippen molar-refractivity contribution < 1.29 is 0 Å². The Kier molecular flexibility index (Phi) is 2.99. The van der Waals surface area contributed by atoms with E-state index in [4.69, 9.17) is 0 Å². The van der Waals surface area contributed by atoms with E-state index in [1.54, 1.807) is 0 Å². The van der Waals surface area contributed by atoms with E-state index < -0.39 is 0 Å². The zero-order valence-electron chi connectivity index (χ0n) is 10.4. The Hall–Kier alpha value is -1.50. The summed E-state index contributed by atoms with van der Waals surface area (Å²) in [5, 5.41) is 13.6. The summed E-state index contributed by atoms with van der Waals surface area (Å²) in [7, 11) is 0. The first-order valence-corrected chi connectivity index (χ1v) is 6.88. The van der Waals surface area contributed by atoms with Gasteiger partial charge in [0.15, 0.2) is 0 Å². The van der Waals surface area contributed by atoms with Crippen molar-refractivity contribution >= 4 is 11.8 Å². The molecule has 0 atom stereocenters. The minimum atomic E-state index is 0.482. The molecule has 7 heteroatoms. The van der Waals surface area contributed by atoms with Crippen molar-refractivity contribution in [2.45, 2.75) is 49.3 Å². The molecule has 3 rings (SSSR count). The van der Waals surface area contributed by atoms with Crippen LogP contribution >= 0.6 is 11.8 Å². The first-order valence-electron chi connectivity index (χ1n) is 6.06. The number of aryl methyl sites for hydroxylation is 2. The molecule has 6 nitrogen and oxygen atoms in total. The molecule has 1 saturated carbocycles. The lowest BCUT2D eigenvalue weighted by Crippen LogP contribution is -2.00. The zero-order valence-corrected chi connectivity index (χ0v) is 11.2. The number of tetrazole rings is 1. The van der Waals surface area contributed by atoms with E-state index in [9.17, 15) is 0 Å². The molecule has 2 aromatic heterocycles. The summed E-state index contributed by atoms with van der Waals surface area (Å²) in [6, 6.07) is 2.45. The minimum Gasteiger partial charge on any atom is -0.238 e. The van der Waals surface area contributed by atoms with Gasteiger partial charge in [0, 0.05) is 12.1 Å². The van der Waals surface area contributed by atoms with Crippen LogP contribution in [-0.4, -0.2) is 30.2 Å². The van der Waals surface area contributed by atoms with E-state index in [0.29, 0.717) is 6.04 Å². The molecule has 2 aromatic rings. The summed E-state index contributed by atoms with van der Waals surface area (Å²) >= 11 is 1.51. The van der Waals surface area contributed by atoms with Crippen LogP contribution in [0.4, 0.5) is 0 Å². The molecule has 0 aromatic carbocycles. The summed E-state index contributed by atoms with van der Waals surface area (Å²) in [5.74, 6) is 0.864. The fourth-order valence-corrected chi connectivity index (χ4v) is 2.63. The summed E-state index contributed by atoms with van der Waals surface area (Å²) in [6.07, 6.45) is 3.17. The van der Waals surface area contributed by atoms with Crippen LogP contribution < -0.4 is 0 Å². The largest absolute Gasteiger partial charge is 0.238 e. The van der Waals surface area contributed by atoms with E-state index in [0.717, 1.165) is 28.1 Å². The highest BCUT2D eigenvalue weighted by Gasteiger charge is 2.28. The average Bonchev–Trinajstić information content (AvgIpc) is 3.10. The molecule has 0 unspecified atom stereocenters. The average molecular weight is 262 g/mol. The molecule has 0 bridgehead atoms. The van der Waals surface area contributed by atoms with Crippen molar-refractivity contribution in [1.29, 1.82) is 0 Å². The number of rotatable bonds is 4. The van der Waals surface area contributed by atoms with Crippen LogP contribution in [0.1, 0.15) is 37.3 Å². The van der Waals surface area contributed by atoms with Gasteiger partial charge in [0.1, 0.15) is 10.9 Å². The van der Waals surface area contributed by atoms with Gasteiger partial charge in [-0.2, -0.15) is 0 Å². The fraction of sp³-hybridized carbons (Fsp3) is 0.545. The van der Waals surface area contributed by atoms with E-state index in [1.807, 2.05) is 17.7 Å². The monoisotopic (exact) mass is 262 g/mol. The molecule has 2 heterocycles. The molecule has 1 fully saturated rings. The quantitative estimate of drug-likeness (QED) is 0.783. The van der Waals surface area contributed by atoms with Crippen molar-refractivity contribution in [3.63, 3.8) is 0 Å². The Balaban J connectivity index is 1.87. The topological polar surface area (TPSA) is 69.4 Å². The van der Waals surface area contributed by atoms with Gasteiger partial charge in [-0.3, -0.25) is 0 Å². The maximum Gasteiger partial charge on any atom is 0.215 e. The third kappa shape index (κ3) is 2.35. The predicted octanol–water partition coefficient (Wildman–Crippen LogP) is 1.82. The highest BCUT2D eigenvalue weighted by Crippen LogP contribution is 2.37. The second kappa shape index (κ2) is 4.64. The van der Waals surface area contributed by atoms with Crippen molar-refractivity contribution in [3.8, 4) is 0 Å². The second-order valence-corrected chi connectivity index (χ2v) is 5.34. The van der Waals surface area contributed by atoms with E-state index >= 15 is 0 Å². The predicted molar refractivity (Wildman–Crippen MR) is 66.4 cm³/mol. The van der Waals surface area contributed by atoms with Crippen molar-refractivity contribution in [2.24, 2.45) is 0 Å². The van der Waals surface area contributed by atoms with Crippen LogP contribution in [-0.2, 0) is 6.42 Å². The van der Waals surface area contributed by atoms with E-state index in [2.05, 4.69) is 32.4 Å². The molecule has 0 spiro atoms. The Labute approximate surface area is 109 Å². The number of nitrogens with zero attached hydrogens (tertiary/aromatic N) is 6. The van der Waals surface area contributed by atoms with Gasteiger partial charge in [0.25, 0.3) is 0 Å². The summed E-state index contributed by atoms with van der Waals surface area (Å²) < 4.78 is 1.90. The molecular formula is C11H14N6S. The molecule has 94 valence electrons. The molecule has 0 saturated heterocycles. The Morgan fingerprint density at radius 2 is 2.22 bits per heavy atom. The zero-order chi connectivity index (χ0) is 12.5. The van der Waals surface area contributed by atoms with Crippen LogP contribution in [0.3, 0.4) is 0 Å². The summed E-state index contributed by atoms with van der Waals surface area (Å²) in [4.78, 5) is 8.86. The maximum atomic E-state index is 4.49. The smallest absolute Gasteiger partial charge is 0.215 e. The first-order chi connectivity index (χ1) is 8.76. The van der Waals surface area contributed by atoms with Crippen molar-refractivity contribution in [1.82, 2.24) is 30.2 Å². The normalized spacial score (nSPS) is 15.0. The lowest BCUT2D eigenvalue weighted by molar-refractivity contribution is 0.565.